The van der Waals surface area contributed by atoms with E-state index in [9.17, 15) is 4.79 Å². The molecule has 5 heteroatoms. The lowest BCUT2D eigenvalue weighted by molar-refractivity contribution is -0.132. The highest BCUT2D eigenvalue weighted by Crippen LogP contribution is 2.26. The third kappa shape index (κ3) is 3.46. The largest absolute Gasteiger partial charge is 0.381 e. The number of ether oxygens (including phenoxy) is 1. The molecule has 1 aliphatic heterocycles. The number of amides is 1. The third-order valence-corrected chi connectivity index (χ3v) is 4.67. The molecule has 1 amide bonds. The van der Waals surface area contributed by atoms with Crippen molar-refractivity contribution in [3.05, 3.63) is 18.2 Å². The van der Waals surface area contributed by atoms with Crippen molar-refractivity contribution in [2.75, 3.05) is 19.8 Å². The fraction of sp³-hybridized carbons (Fsp3) is 0.750. The van der Waals surface area contributed by atoms with Crippen molar-refractivity contribution in [3.8, 4) is 0 Å². The van der Waals surface area contributed by atoms with E-state index in [2.05, 4.69) is 9.55 Å². The van der Waals surface area contributed by atoms with Crippen LogP contribution in [0.1, 0.15) is 38.3 Å². The second-order valence-corrected chi connectivity index (χ2v) is 6.37. The van der Waals surface area contributed by atoms with Gasteiger partial charge in [-0.2, -0.15) is 0 Å². The molecular weight excluding hydrogens is 266 g/mol. The SMILES string of the molecule is CCC(=O)N1Cc2cncn2CC(COCC2CCC2)C1. The van der Waals surface area contributed by atoms with E-state index < -0.39 is 0 Å². The van der Waals surface area contributed by atoms with Gasteiger partial charge in [-0.15, -0.1) is 0 Å². The topological polar surface area (TPSA) is 47.4 Å². The number of fused-ring (bicyclic) bond motifs is 1. The molecule has 3 rings (SSSR count). The van der Waals surface area contributed by atoms with Crippen LogP contribution in [0.2, 0.25) is 0 Å². The normalized spacial score (nSPS) is 22.5. The Morgan fingerprint density at radius 2 is 2.14 bits per heavy atom. The maximum Gasteiger partial charge on any atom is 0.222 e. The maximum absolute atomic E-state index is 12.1. The van der Waals surface area contributed by atoms with Crippen LogP contribution in [0.15, 0.2) is 12.5 Å². The van der Waals surface area contributed by atoms with Gasteiger partial charge in [-0.25, -0.2) is 4.98 Å². The number of aromatic nitrogens is 2. The van der Waals surface area contributed by atoms with Crippen LogP contribution in [0.5, 0.6) is 0 Å². The van der Waals surface area contributed by atoms with Gasteiger partial charge >= 0.3 is 0 Å². The maximum atomic E-state index is 12.1. The summed E-state index contributed by atoms with van der Waals surface area (Å²) in [6.07, 6.45) is 8.29. The molecule has 0 spiro atoms. The Balaban J connectivity index is 1.60. The molecule has 1 saturated carbocycles. The van der Waals surface area contributed by atoms with Gasteiger partial charge in [-0.05, 0) is 18.8 Å². The van der Waals surface area contributed by atoms with E-state index in [1.807, 2.05) is 24.3 Å². The van der Waals surface area contributed by atoms with Crippen molar-refractivity contribution < 1.29 is 9.53 Å². The minimum atomic E-state index is 0.216. The fourth-order valence-electron chi connectivity index (χ4n) is 3.13. The Morgan fingerprint density at radius 1 is 1.33 bits per heavy atom. The first-order valence-corrected chi connectivity index (χ1v) is 8.10. The van der Waals surface area contributed by atoms with Gasteiger partial charge in [0.25, 0.3) is 0 Å². The zero-order valence-electron chi connectivity index (χ0n) is 12.8. The lowest BCUT2D eigenvalue weighted by Crippen LogP contribution is -2.35. The molecule has 2 heterocycles. The number of nitrogens with zero attached hydrogens (tertiary/aromatic N) is 3. The van der Waals surface area contributed by atoms with Crippen LogP contribution < -0.4 is 0 Å². The van der Waals surface area contributed by atoms with Crippen LogP contribution in [0.3, 0.4) is 0 Å². The summed E-state index contributed by atoms with van der Waals surface area (Å²) in [5.41, 5.74) is 1.12. The predicted molar refractivity (Wildman–Crippen MR) is 79.6 cm³/mol. The van der Waals surface area contributed by atoms with Gasteiger partial charge in [0.15, 0.2) is 0 Å². The van der Waals surface area contributed by atoms with Gasteiger partial charge < -0.3 is 14.2 Å². The summed E-state index contributed by atoms with van der Waals surface area (Å²) in [4.78, 5) is 18.3. The minimum absolute atomic E-state index is 0.216. The number of carbonyl (C=O) groups excluding carboxylic acids is 1. The Kier molecular flexibility index (Phi) is 4.58. The Hall–Kier alpha value is -1.36. The van der Waals surface area contributed by atoms with Crippen molar-refractivity contribution in [2.45, 2.75) is 45.7 Å². The van der Waals surface area contributed by atoms with E-state index in [0.29, 0.717) is 18.9 Å². The van der Waals surface area contributed by atoms with E-state index in [-0.39, 0.29) is 5.91 Å². The van der Waals surface area contributed by atoms with Crippen LogP contribution in [0, 0.1) is 11.8 Å². The minimum Gasteiger partial charge on any atom is -0.381 e. The monoisotopic (exact) mass is 291 g/mol. The summed E-state index contributed by atoms with van der Waals surface area (Å²) >= 11 is 0. The molecule has 0 saturated heterocycles. The first kappa shape index (κ1) is 14.6. The van der Waals surface area contributed by atoms with E-state index in [4.69, 9.17) is 4.74 Å². The summed E-state index contributed by atoms with van der Waals surface area (Å²) in [5.74, 6) is 1.35. The van der Waals surface area contributed by atoms with Gasteiger partial charge in [-0.1, -0.05) is 13.3 Å². The molecular formula is C16H25N3O2. The molecule has 21 heavy (non-hydrogen) atoms. The van der Waals surface area contributed by atoms with Crippen LogP contribution >= 0.6 is 0 Å². The van der Waals surface area contributed by atoms with E-state index in [1.165, 1.54) is 19.3 Å². The number of carbonyl (C=O) groups is 1. The molecule has 116 valence electrons. The second-order valence-electron chi connectivity index (χ2n) is 6.37. The van der Waals surface area contributed by atoms with Crippen LogP contribution in [0.4, 0.5) is 0 Å². The van der Waals surface area contributed by atoms with Crippen molar-refractivity contribution >= 4 is 5.91 Å². The molecule has 0 aromatic carbocycles. The van der Waals surface area contributed by atoms with Crippen LogP contribution in [0.25, 0.3) is 0 Å². The third-order valence-electron chi connectivity index (χ3n) is 4.67. The summed E-state index contributed by atoms with van der Waals surface area (Å²) in [6, 6.07) is 0. The van der Waals surface area contributed by atoms with Crippen LogP contribution in [-0.2, 0) is 22.6 Å². The number of hydrogen-bond acceptors (Lipinski definition) is 3. The molecule has 0 radical (unpaired) electrons. The summed E-state index contributed by atoms with van der Waals surface area (Å²) in [7, 11) is 0. The molecule has 2 aliphatic rings. The lowest BCUT2D eigenvalue weighted by Gasteiger charge is -2.27. The zero-order chi connectivity index (χ0) is 14.7. The van der Waals surface area contributed by atoms with Gasteiger partial charge in [0.05, 0.1) is 25.2 Å². The lowest BCUT2D eigenvalue weighted by atomic mass is 9.86. The molecule has 1 aromatic rings. The first-order chi connectivity index (χ1) is 10.3. The summed E-state index contributed by atoms with van der Waals surface area (Å²) in [5, 5.41) is 0. The molecule has 0 bridgehead atoms. The number of rotatable bonds is 5. The molecule has 1 atom stereocenters. The molecule has 1 aliphatic carbocycles. The highest BCUT2D eigenvalue weighted by atomic mass is 16.5. The summed E-state index contributed by atoms with van der Waals surface area (Å²) < 4.78 is 8.08. The number of imidazole rings is 1. The molecule has 0 N–H and O–H groups in total. The van der Waals surface area contributed by atoms with E-state index >= 15 is 0 Å². The van der Waals surface area contributed by atoms with Crippen molar-refractivity contribution in [1.29, 1.82) is 0 Å². The molecule has 1 fully saturated rings. The highest BCUT2D eigenvalue weighted by molar-refractivity contribution is 5.75. The number of hydrogen-bond donors (Lipinski definition) is 0. The van der Waals surface area contributed by atoms with E-state index in [1.54, 1.807) is 0 Å². The smallest absolute Gasteiger partial charge is 0.222 e. The standard InChI is InChI=1S/C16H25N3O2/c1-2-16(20)18-7-14(11-21-10-13-4-3-5-13)8-19-12-17-6-15(19)9-18/h6,12-14H,2-5,7-11H2,1H3. The van der Waals surface area contributed by atoms with Crippen molar-refractivity contribution in [3.63, 3.8) is 0 Å². The quantitative estimate of drug-likeness (QED) is 0.834. The van der Waals surface area contributed by atoms with E-state index in [0.717, 1.165) is 37.9 Å². The van der Waals surface area contributed by atoms with Gasteiger partial charge in [0.1, 0.15) is 0 Å². The Bertz CT molecular complexity index is 482. The van der Waals surface area contributed by atoms with Crippen LogP contribution in [-0.4, -0.2) is 40.1 Å². The van der Waals surface area contributed by atoms with Crippen molar-refractivity contribution in [2.24, 2.45) is 11.8 Å². The van der Waals surface area contributed by atoms with Crippen molar-refractivity contribution in [1.82, 2.24) is 14.5 Å². The van der Waals surface area contributed by atoms with Gasteiger partial charge in [0.2, 0.25) is 5.91 Å². The zero-order valence-corrected chi connectivity index (χ0v) is 12.8. The molecule has 1 unspecified atom stereocenters. The Morgan fingerprint density at radius 3 is 2.86 bits per heavy atom. The highest BCUT2D eigenvalue weighted by Gasteiger charge is 2.25. The van der Waals surface area contributed by atoms with Gasteiger partial charge in [0, 0.05) is 38.2 Å². The molecule has 1 aromatic heterocycles. The van der Waals surface area contributed by atoms with Gasteiger partial charge in [-0.3, -0.25) is 4.79 Å². The Labute approximate surface area is 126 Å². The fourth-order valence-corrected chi connectivity index (χ4v) is 3.13. The second kappa shape index (κ2) is 6.60. The summed E-state index contributed by atoms with van der Waals surface area (Å²) in [6.45, 7) is 5.90. The average Bonchev–Trinajstić information content (AvgIpc) is 2.79. The first-order valence-electron chi connectivity index (χ1n) is 8.10. The molecule has 5 nitrogen and oxygen atoms in total. The predicted octanol–water partition coefficient (Wildman–Crippen LogP) is 2.07. The average molecular weight is 291 g/mol.